The van der Waals surface area contributed by atoms with Gasteiger partial charge in [-0.05, 0) is 37.1 Å². The van der Waals surface area contributed by atoms with Crippen molar-refractivity contribution in [2.75, 3.05) is 37.6 Å². The number of anilines is 2. The van der Waals surface area contributed by atoms with Crippen LogP contribution in [0.1, 0.15) is 42.9 Å². The number of pyridine rings is 2. The van der Waals surface area contributed by atoms with Gasteiger partial charge in [0, 0.05) is 26.3 Å². The molecule has 2 aromatic heterocycles. The first-order chi connectivity index (χ1) is 14.5. The molecule has 9 heteroatoms. The lowest BCUT2D eigenvalue weighted by Crippen LogP contribution is -2.32. The van der Waals surface area contributed by atoms with E-state index in [-0.39, 0.29) is 17.6 Å². The Bertz CT molecular complexity index is 854. The molecule has 0 atom stereocenters. The monoisotopic (exact) mass is 433 g/mol. The Labute approximate surface area is 182 Å². The molecule has 0 aliphatic carbocycles. The summed E-state index contributed by atoms with van der Waals surface area (Å²) in [5.74, 6) is -0.438. The second-order valence-electron chi connectivity index (χ2n) is 6.36. The molecule has 0 saturated carbocycles. The number of ether oxygens (including phenoxy) is 2. The van der Waals surface area contributed by atoms with Gasteiger partial charge in [-0.15, -0.1) is 0 Å². The topological polar surface area (TPSA) is 100 Å². The molecule has 0 unspecified atom stereocenters. The zero-order chi connectivity index (χ0) is 22.1. The highest BCUT2D eigenvalue weighted by molar-refractivity contribution is 6.29. The van der Waals surface area contributed by atoms with Crippen LogP contribution in [0.3, 0.4) is 0 Å². The quantitative estimate of drug-likeness (QED) is 0.318. The van der Waals surface area contributed by atoms with E-state index in [1.165, 1.54) is 7.11 Å². The predicted octanol–water partition coefficient (Wildman–Crippen LogP) is 4.00. The van der Waals surface area contributed by atoms with Crippen molar-refractivity contribution >= 4 is 34.8 Å². The van der Waals surface area contributed by atoms with Gasteiger partial charge in [-0.3, -0.25) is 5.41 Å². The lowest BCUT2D eigenvalue weighted by atomic mass is 10.1. The summed E-state index contributed by atoms with van der Waals surface area (Å²) in [6.45, 7) is 5.38. The number of methoxy groups -OCH3 is 1. The molecule has 1 fully saturated rings. The number of esters is 1. The zero-order valence-corrected chi connectivity index (χ0v) is 18.5. The van der Waals surface area contributed by atoms with Crippen molar-refractivity contribution in [1.29, 1.82) is 5.41 Å². The Morgan fingerprint density at radius 1 is 1.27 bits per heavy atom. The van der Waals surface area contributed by atoms with Crippen LogP contribution in [0.2, 0.25) is 5.15 Å². The average molecular weight is 434 g/mol. The summed E-state index contributed by atoms with van der Waals surface area (Å²) in [4.78, 5) is 22.0. The van der Waals surface area contributed by atoms with Crippen molar-refractivity contribution in [3.8, 4) is 0 Å². The Morgan fingerprint density at radius 3 is 2.57 bits per heavy atom. The molecule has 0 radical (unpaired) electrons. The normalized spacial score (nSPS) is 13.6. The standard InChI is InChI=1S/C19H22ClN5O3.C2H6/c1-25(13-3-6-16(20)22-11-13)18(21)17-14(23-12-7-9-28-10-8-12)4-5-15(24-17)19(26)27-2;1-2/h3-6,11-12,21,23H,7-10H2,1-2H3;1-2H3. The van der Waals surface area contributed by atoms with Gasteiger partial charge in [0.15, 0.2) is 5.84 Å². The van der Waals surface area contributed by atoms with Crippen LogP contribution in [0.4, 0.5) is 11.4 Å². The summed E-state index contributed by atoms with van der Waals surface area (Å²) in [7, 11) is 3.03. The third-order valence-electron chi connectivity index (χ3n) is 4.53. The van der Waals surface area contributed by atoms with Gasteiger partial charge in [0.2, 0.25) is 0 Å². The van der Waals surface area contributed by atoms with Crippen molar-refractivity contribution in [3.63, 3.8) is 0 Å². The first-order valence-corrected chi connectivity index (χ1v) is 10.2. The minimum atomic E-state index is -0.553. The number of rotatable bonds is 5. The molecule has 30 heavy (non-hydrogen) atoms. The number of hydrogen-bond acceptors (Lipinski definition) is 7. The van der Waals surface area contributed by atoms with Gasteiger partial charge < -0.3 is 19.7 Å². The fraction of sp³-hybridized carbons (Fsp3) is 0.429. The van der Waals surface area contributed by atoms with Gasteiger partial charge in [0.25, 0.3) is 0 Å². The van der Waals surface area contributed by atoms with Crippen LogP contribution in [0, 0.1) is 5.41 Å². The van der Waals surface area contributed by atoms with Gasteiger partial charge >= 0.3 is 5.97 Å². The minimum Gasteiger partial charge on any atom is -0.464 e. The van der Waals surface area contributed by atoms with E-state index < -0.39 is 5.97 Å². The van der Waals surface area contributed by atoms with E-state index in [1.54, 1.807) is 42.4 Å². The molecule has 1 aliphatic heterocycles. The maximum atomic E-state index is 11.9. The molecule has 1 saturated heterocycles. The van der Waals surface area contributed by atoms with Crippen molar-refractivity contribution in [3.05, 3.63) is 47.0 Å². The van der Waals surface area contributed by atoms with Crippen molar-refractivity contribution in [1.82, 2.24) is 9.97 Å². The number of halogens is 1. The van der Waals surface area contributed by atoms with Gasteiger partial charge in [0.1, 0.15) is 16.5 Å². The molecular weight excluding hydrogens is 406 g/mol. The first kappa shape index (κ1) is 23.6. The number of aromatic nitrogens is 2. The lowest BCUT2D eigenvalue weighted by molar-refractivity contribution is 0.0594. The minimum absolute atomic E-state index is 0.115. The summed E-state index contributed by atoms with van der Waals surface area (Å²) in [5, 5.41) is 12.5. The summed E-state index contributed by atoms with van der Waals surface area (Å²) in [6, 6.07) is 6.98. The number of carbonyl (C=O) groups excluding carboxylic acids is 1. The van der Waals surface area contributed by atoms with E-state index in [0.717, 1.165) is 12.8 Å². The zero-order valence-electron chi connectivity index (χ0n) is 17.7. The summed E-state index contributed by atoms with van der Waals surface area (Å²) in [5.41, 5.74) is 1.85. The van der Waals surface area contributed by atoms with Crippen LogP contribution in [0.5, 0.6) is 0 Å². The van der Waals surface area contributed by atoms with Crippen LogP contribution < -0.4 is 10.2 Å². The Morgan fingerprint density at radius 2 is 1.97 bits per heavy atom. The molecule has 0 aromatic carbocycles. The number of amidine groups is 1. The van der Waals surface area contributed by atoms with Crippen LogP contribution in [0.25, 0.3) is 0 Å². The van der Waals surface area contributed by atoms with E-state index in [0.29, 0.717) is 35.4 Å². The maximum Gasteiger partial charge on any atom is 0.356 e. The van der Waals surface area contributed by atoms with Gasteiger partial charge in [0.05, 0.1) is 24.7 Å². The van der Waals surface area contributed by atoms with Gasteiger partial charge in [-0.25, -0.2) is 14.8 Å². The van der Waals surface area contributed by atoms with Gasteiger partial charge in [-0.1, -0.05) is 25.4 Å². The maximum absolute atomic E-state index is 11.9. The number of hydrogen-bond donors (Lipinski definition) is 2. The van der Waals surface area contributed by atoms with Crippen molar-refractivity contribution in [2.24, 2.45) is 0 Å². The van der Waals surface area contributed by atoms with Crippen LogP contribution >= 0.6 is 11.6 Å². The Hall–Kier alpha value is -2.71. The fourth-order valence-electron chi connectivity index (χ4n) is 2.89. The smallest absolute Gasteiger partial charge is 0.356 e. The number of nitrogens with zero attached hydrogens (tertiary/aromatic N) is 3. The Balaban J connectivity index is 0.00000155. The van der Waals surface area contributed by atoms with Crippen molar-refractivity contribution < 1.29 is 14.3 Å². The van der Waals surface area contributed by atoms with Crippen LogP contribution in [-0.4, -0.2) is 55.2 Å². The van der Waals surface area contributed by atoms with Gasteiger partial charge in [-0.2, -0.15) is 0 Å². The highest BCUT2D eigenvalue weighted by atomic mass is 35.5. The molecule has 0 amide bonds. The third-order valence-corrected chi connectivity index (χ3v) is 4.75. The summed E-state index contributed by atoms with van der Waals surface area (Å²) in [6.07, 6.45) is 3.30. The van der Waals surface area contributed by atoms with Crippen molar-refractivity contribution in [2.45, 2.75) is 32.7 Å². The molecule has 3 rings (SSSR count). The van der Waals surface area contributed by atoms with Crippen LogP contribution in [0.15, 0.2) is 30.5 Å². The SMILES string of the molecule is CC.COC(=O)c1ccc(NC2CCOCC2)c(C(=N)N(C)c2ccc(Cl)nc2)n1. The summed E-state index contributed by atoms with van der Waals surface area (Å²) >= 11 is 5.85. The predicted molar refractivity (Wildman–Crippen MR) is 119 cm³/mol. The fourth-order valence-corrected chi connectivity index (χ4v) is 3.00. The number of carbonyl (C=O) groups is 1. The molecule has 162 valence electrons. The van der Waals surface area contributed by atoms with Crippen LogP contribution in [-0.2, 0) is 9.47 Å². The summed E-state index contributed by atoms with van der Waals surface area (Å²) < 4.78 is 10.2. The van der Waals surface area contributed by atoms with E-state index >= 15 is 0 Å². The molecule has 0 bridgehead atoms. The first-order valence-electron chi connectivity index (χ1n) is 9.87. The average Bonchev–Trinajstić information content (AvgIpc) is 2.80. The highest BCUT2D eigenvalue weighted by Crippen LogP contribution is 2.23. The van der Waals surface area contributed by atoms with E-state index in [1.807, 2.05) is 13.8 Å². The Kier molecular flexibility index (Phi) is 9.01. The largest absolute Gasteiger partial charge is 0.464 e. The molecular formula is C21H28ClN5O3. The lowest BCUT2D eigenvalue weighted by Gasteiger charge is -2.26. The molecule has 1 aliphatic rings. The molecule has 3 heterocycles. The second-order valence-corrected chi connectivity index (χ2v) is 6.75. The third kappa shape index (κ3) is 5.90. The van der Waals surface area contributed by atoms with E-state index in [2.05, 4.69) is 15.3 Å². The number of nitrogens with one attached hydrogen (secondary N) is 2. The highest BCUT2D eigenvalue weighted by Gasteiger charge is 2.22. The second kappa shape index (κ2) is 11.5. The molecule has 2 aromatic rings. The molecule has 0 spiro atoms. The molecule has 2 N–H and O–H groups in total. The van der Waals surface area contributed by atoms with E-state index in [4.69, 9.17) is 26.5 Å². The molecule has 8 nitrogen and oxygen atoms in total. The van der Waals surface area contributed by atoms with E-state index in [9.17, 15) is 4.79 Å².